The van der Waals surface area contributed by atoms with Crippen molar-refractivity contribution in [3.63, 3.8) is 0 Å². The number of amidine groups is 1. The van der Waals surface area contributed by atoms with Gasteiger partial charge in [0.1, 0.15) is 6.33 Å². The van der Waals surface area contributed by atoms with Crippen molar-refractivity contribution >= 4 is 5.84 Å². The Hall–Kier alpha value is -1.39. The van der Waals surface area contributed by atoms with Crippen molar-refractivity contribution in [2.24, 2.45) is 12.0 Å². The lowest BCUT2D eigenvalue weighted by Gasteiger charge is -2.18. The van der Waals surface area contributed by atoms with Gasteiger partial charge in [-0.1, -0.05) is 0 Å². The van der Waals surface area contributed by atoms with Crippen LogP contribution in [0.2, 0.25) is 0 Å². The molecule has 5 nitrogen and oxygen atoms in total. The largest absolute Gasteiger partial charge is 0.364 e. The lowest BCUT2D eigenvalue weighted by molar-refractivity contribution is 0.602. The molecule has 0 aliphatic carbocycles. The first-order chi connectivity index (χ1) is 7.27. The second-order valence-corrected chi connectivity index (χ2v) is 3.95. The lowest BCUT2D eigenvalue weighted by Crippen LogP contribution is -2.30. The minimum atomic E-state index is 0.175. The molecule has 1 atom stereocenters. The highest BCUT2D eigenvalue weighted by Gasteiger charge is 2.13. The molecule has 1 aliphatic rings. The summed E-state index contributed by atoms with van der Waals surface area (Å²) in [6, 6.07) is 0.175. The zero-order valence-corrected chi connectivity index (χ0v) is 9.27. The molecular weight excluding hydrogens is 190 g/mol. The molecule has 1 aromatic rings. The molecular formula is C10H17N5. The molecule has 5 heteroatoms. The summed E-state index contributed by atoms with van der Waals surface area (Å²) in [6.07, 6.45) is 5.22. The summed E-state index contributed by atoms with van der Waals surface area (Å²) < 4.78 is 1.93. The van der Waals surface area contributed by atoms with Crippen LogP contribution in [0.25, 0.3) is 0 Å². The molecule has 1 aliphatic heterocycles. The Morgan fingerprint density at radius 1 is 1.47 bits per heavy atom. The van der Waals surface area contributed by atoms with E-state index in [2.05, 4.69) is 27.4 Å². The topological polar surface area (TPSA) is 55.1 Å². The summed E-state index contributed by atoms with van der Waals surface area (Å²) in [6.45, 7) is 3.04. The van der Waals surface area contributed by atoms with E-state index in [4.69, 9.17) is 0 Å². The number of aryl methyl sites for hydroxylation is 1. The summed E-state index contributed by atoms with van der Waals surface area (Å²) in [5, 5.41) is 11.3. The van der Waals surface area contributed by atoms with Crippen LogP contribution < -0.4 is 5.32 Å². The third-order valence-corrected chi connectivity index (χ3v) is 2.64. The van der Waals surface area contributed by atoms with Crippen LogP contribution in [0.1, 0.15) is 38.1 Å². The van der Waals surface area contributed by atoms with Crippen molar-refractivity contribution in [3.05, 3.63) is 12.2 Å². The van der Waals surface area contributed by atoms with Crippen molar-refractivity contribution in [1.29, 1.82) is 0 Å². The normalized spacial score (nSPS) is 18.4. The van der Waals surface area contributed by atoms with Crippen molar-refractivity contribution in [2.45, 2.75) is 32.2 Å². The molecule has 82 valence electrons. The molecule has 0 aromatic carbocycles. The molecule has 0 radical (unpaired) electrons. The number of nitrogens with zero attached hydrogens (tertiary/aromatic N) is 4. The molecule has 0 bridgehead atoms. The van der Waals surface area contributed by atoms with E-state index in [1.807, 2.05) is 11.6 Å². The van der Waals surface area contributed by atoms with Crippen molar-refractivity contribution in [2.75, 3.05) is 6.54 Å². The summed E-state index contributed by atoms with van der Waals surface area (Å²) in [5.41, 5.74) is 0. The first-order valence-electron chi connectivity index (χ1n) is 5.41. The smallest absolute Gasteiger partial charge is 0.154 e. The van der Waals surface area contributed by atoms with Gasteiger partial charge >= 0.3 is 0 Å². The van der Waals surface area contributed by atoms with E-state index < -0.39 is 0 Å². The summed E-state index contributed by atoms with van der Waals surface area (Å²) >= 11 is 0. The van der Waals surface area contributed by atoms with Crippen LogP contribution in [0.5, 0.6) is 0 Å². The third kappa shape index (κ3) is 2.34. The first-order valence-corrected chi connectivity index (χ1v) is 5.41. The van der Waals surface area contributed by atoms with E-state index in [1.54, 1.807) is 6.33 Å². The summed E-state index contributed by atoms with van der Waals surface area (Å²) in [5.74, 6) is 2.06. The molecule has 1 unspecified atom stereocenters. The Balaban J connectivity index is 2.00. The van der Waals surface area contributed by atoms with Gasteiger partial charge in [-0.05, 0) is 19.8 Å². The predicted octanol–water partition coefficient (Wildman–Crippen LogP) is 1.05. The number of hydrogen-bond donors (Lipinski definition) is 1. The fraction of sp³-hybridized carbons (Fsp3) is 0.700. The predicted molar refractivity (Wildman–Crippen MR) is 58.7 cm³/mol. The fourth-order valence-electron chi connectivity index (χ4n) is 1.81. The molecule has 1 aromatic heterocycles. The number of rotatable bonds is 2. The monoisotopic (exact) mass is 207 g/mol. The van der Waals surface area contributed by atoms with E-state index in [9.17, 15) is 0 Å². The Bertz CT molecular complexity index is 354. The van der Waals surface area contributed by atoms with E-state index in [1.165, 1.54) is 12.8 Å². The van der Waals surface area contributed by atoms with Crippen molar-refractivity contribution in [1.82, 2.24) is 20.1 Å². The molecule has 0 saturated heterocycles. The Kier molecular flexibility index (Phi) is 2.99. The standard InChI is InChI=1S/C10H17N5/c1-8(10-14-12-7-15(10)2)13-9-5-3-4-6-11-9/h7-8H,3-6H2,1-2H3,(H,11,13). The van der Waals surface area contributed by atoms with Crippen LogP contribution in [-0.2, 0) is 7.05 Å². The van der Waals surface area contributed by atoms with Crippen LogP contribution in [0, 0.1) is 0 Å². The first kappa shape index (κ1) is 10.1. The van der Waals surface area contributed by atoms with Crippen molar-refractivity contribution < 1.29 is 0 Å². The number of hydrogen-bond acceptors (Lipinski definition) is 4. The van der Waals surface area contributed by atoms with Gasteiger partial charge in [0.05, 0.1) is 11.9 Å². The number of nitrogens with one attached hydrogen (secondary N) is 1. The zero-order valence-electron chi connectivity index (χ0n) is 9.27. The van der Waals surface area contributed by atoms with Crippen LogP contribution >= 0.6 is 0 Å². The maximum Gasteiger partial charge on any atom is 0.154 e. The minimum Gasteiger partial charge on any atom is -0.364 e. The van der Waals surface area contributed by atoms with Gasteiger partial charge in [0.2, 0.25) is 0 Å². The SMILES string of the molecule is CC(NC1=NCCCC1)c1nncn1C. The maximum atomic E-state index is 4.46. The molecule has 1 N–H and O–H groups in total. The fourth-order valence-corrected chi connectivity index (χ4v) is 1.81. The quantitative estimate of drug-likeness (QED) is 0.788. The highest BCUT2D eigenvalue weighted by atomic mass is 15.3. The molecule has 0 spiro atoms. The zero-order chi connectivity index (χ0) is 10.7. The van der Waals surface area contributed by atoms with Crippen molar-refractivity contribution in [3.8, 4) is 0 Å². The van der Waals surface area contributed by atoms with Crippen LogP contribution in [0.4, 0.5) is 0 Å². The Morgan fingerprint density at radius 3 is 2.93 bits per heavy atom. The molecule has 2 heterocycles. The van der Waals surface area contributed by atoms with Gasteiger partial charge in [-0.3, -0.25) is 4.99 Å². The third-order valence-electron chi connectivity index (χ3n) is 2.64. The van der Waals surface area contributed by atoms with E-state index in [0.29, 0.717) is 0 Å². The van der Waals surface area contributed by atoms with E-state index >= 15 is 0 Å². The Labute approximate surface area is 89.6 Å². The second-order valence-electron chi connectivity index (χ2n) is 3.95. The van der Waals surface area contributed by atoms with E-state index in [0.717, 1.165) is 24.6 Å². The highest BCUT2D eigenvalue weighted by Crippen LogP contribution is 2.10. The molecule has 0 amide bonds. The van der Waals surface area contributed by atoms with Gasteiger partial charge in [0, 0.05) is 20.0 Å². The van der Waals surface area contributed by atoms with Gasteiger partial charge in [-0.25, -0.2) is 0 Å². The van der Waals surface area contributed by atoms with Crippen LogP contribution in [-0.4, -0.2) is 27.1 Å². The number of aromatic nitrogens is 3. The minimum absolute atomic E-state index is 0.175. The average Bonchev–Trinajstić information content (AvgIpc) is 2.66. The molecule has 15 heavy (non-hydrogen) atoms. The van der Waals surface area contributed by atoms with E-state index in [-0.39, 0.29) is 6.04 Å². The highest BCUT2D eigenvalue weighted by molar-refractivity contribution is 5.82. The average molecular weight is 207 g/mol. The maximum absolute atomic E-state index is 4.46. The van der Waals surface area contributed by atoms with Gasteiger partial charge in [-0.2, -0.15) is 0 Å². The van der Waals surface area contributed by atoms with Gasteiger partial charge in [0.25, 0.3) is 0 Å². The Morgan fingerprint density at radius 2 is 2.33 bits per heavy atom. The van der Waals surface area contributed by atoms with Crippen LogP contribution in [0.15, 0.2) is 11.3 Å². The second kappa shape index (κ2) is 4.42. The molecule has 2 rings (SSSR count). The van der Waals surface area contributed by atoms with Gasteiger partial charge in [-0.15, -0.1) is 10.2 Å². The lowest BCUT2D eigenvalue weighted by atomic mass is 10.1. The molecule has 0 fully saturated rings. The van der Waals surface area contributed by atoms with Gasteiger partial charge < -0.3 is 9.88 Å². The number of aliphatic imine (C=N–C) groups is 1. The molecule has 0 saturated carbocycles. The van der Waals surface area contributed by atoms with Crippen LogP contribution in [0.3, 0.4) is 0 Å². The summed E-state index contributed by atoms with van der Waals surface area (Å²) in [7, 11) is 1.95. The van der Waals surface area contributed by atoms with Gasteiger partial charge in [0.15, 0.2) is 5.82 Å². The summed E-state index contributed by atoms with van der Waals surface area (Å²) in [4.78, 5) is 4.46.